The minimum absolute atomic E-state index is 0.761. The second kappa shape index (κ2) is 5.90. The largest absolute Gasteiger partial charge is 0.311 e. The first-order valence-corrected chi connectivity index (χ1v) is 7.46. The Bertz CT molecular complexity index is 591. The number of rotatable bonds is 3. The minimum Gasteiger partial charge on any atom is -0.311 e. The van der Waals surface area contributed by atoms with Gasteiger partial charge in [0, 0.05) is 23.7 Å². The third-order valence-electron chi connectivity index (χ3n) is 3.68. The molecule has 1 aliphatic rings. The normalized spacial score (nSPS) is 14.1. The van der Waals surface area contributed by atoms with Crippen molar-refractivity contribution >= 4 is 11.6 Å². The van der Waals surface area contributed by atoms with Crippen LogP contribution in [0.2, 0.25) is 5.02 Å². The molecule has 2 aromatic rings. The summed E-state index contributed by atoms with van der Waals surface area (Å²) in [5.74, 6) is 0.909. The molecule has 0 radical (unpaired) electrons. The zero-order chi connectivity index (χ0) is 13.9. The molecule has 0 bridgehead atoms. The van der Waals surface area contributed by atoms with E-state index >= 15 is 0 Å². The lowest BCUT2D eigenvalue weighted by molar-refractivity contribution is 0.610. The van der Waals surface area contributed by atoms with Gasteiger partial charge in [0.2, 0.25) is 0 Å². The molecule has 0 saturated carbocycles. The van der Waals surface area contributed by atoms with Crippen molar-refractivity contribution in [3.05, 3.63) is 57.6 Å². The fraction of sp³-hybridized carbons (Fsp3) is 0.375. The van der Waals surface area contributed by atoms with Crippen LogP contribution in [0.5, 0.6) is 0 Å². The third-order valence-corrected chi connectivity index (χ3v) is 3.93. The smallest absolute Gasteiger partial charge is 0.133 e. The average Bonchev–Trinajstić information content (AvgIpc) is 2.49. The lowest BCUT2D eigenvalue weighted by Crippen LogP contribution is -2.27. The Morgan fingerprint density at radius 1 is 1.20 bits per heavy atom. The Balaban J connectivity index is 1.91. The van der Waals surface area contributed by atoms with Crippen LogP contribution < -0.4 is 5.32 Å². The maximum Gasteiger partial charge on any atom is 0.133 e. The summed E-state index contributed by atoms with van der Waals surface area (Å²) in [5, 5.41) is 4.15. The highest BCUT2D eigenvalue weighted by Crippen LogP contribution is 2.18. The highest BCUT2D eigenvalue weighted by Gasteiger charge is 2.16. The third kappa shape index (κ3) is 2.84. The van der Waals surface area contributed by atoms with E-state index in [0.717, 1.165) is 43.2 Å². The van der Waals surface area contributed by atoms with Crippen molar-refractivity contribution in [3.8, 4) is 0 Å². The Hall–Kier alpha value is -1.45. The lowest BCUT2D eigenvalue weighted by Gasteiger charge is -2.19. The molecule has 0 aliphatic carbocycles. The van der Waals surface area contributed by atoms with Crippen molar-refractivity contribution in [1.29, 1.82) is 0 Å². The van der Waals surface area contributed by atoms with Gasteiger partial charge in [0.25, 0.3) is 0 Å². The molecule has 0 fully saturated rings. The molecule has 1 aliphatic heterocycles. The second-order valence-corrected chi connectivity index (χ2v) is 5.53. The van der Waals surface area contributed by atoms with E-state index in [9.17, 15) is 0 Å². The van der Waals surface area contributed by atoms with E-state index in [1.165, 1.54) is 22.5 Å². The van der Waals surface area contributed by atoms with Crippen LogP contribution in [-0.2, 0) is 25.8 Å². The molecule has 3 nitrogen and oxygen atoms in total. The summed E-state index contributed by atoms with van der Waals surface area (Å²) in [4.78, 5) is 9.48. The molecule has 1 aromatic carbocycles. The van der Waals surface area contributed by atoms with E-state index in [0.29, 0.717) is 0 Å². The average molecular weight is 288 g/mol. The number of fused-ring (bicyclic) bond motifs is 1. The maximum atomic E-state index is 5.92. The van der Waals surface area contributed by atoms with Crippen LogP contribution in [0.15, 0.2) is 24.3 Å². The van der Waals surface area contributed by atoms with Crippen LogP contribution in [0.25, 0.3) is 0 Å². The van der Waals surface area contributed by atoms with Gasteiger partial charge >= 0.3 is 0 Å². The molecule has 3 rings (SSSR count). The number of hydrogen-bond donors (Lipinski definition) is 1. The number of aromatic nitrogens is 2. The number of hydrogen-bond acceptors (Lipinski definition) is 3. The van der Waals surface area contributed by atoms with Gasteiger partial charge in [-0.1, -0.05) is 30.7 Å². The Labute approximate surface area is 124 Å². The lowest BCUT2D eigenvalue weighted by atomic mass is 10.0. The first-order chi connectivity index (χ1) is 9.76. The molecular formula is C16H18ClN3. The van der Waals surface area contributed by atoms with E-state index < -0.39 is 0 Å². The van der Waals surface area contributed by atoms with Crippen molar-refractivity contribution in [2.45, 2.75) is 32.7 Å². The summed E-state index contributed by atoms with van der Waals surface area (Å²) in [6.07, 6.45) is 2.77. The van der Waals surface area contributed by atoms with E-state index in [1.54, 1.807) is 0 Å². The molecular weight excluding hydrogens is 270 g/mol. The van der Waals surface area contributed by atoms with Crippen LogP contribution in [0.1, 0.15) is 35.3 Å². The quantitative estimate of drug-likeness (QED) is 0.943. The fourth-order valence-electron chi connectivity index (χ4n) is 2.65. The van der Waals surface area contributed by atoms with Gasteiger partial charge in [-0.3, -0.25) is 0 Å². The van der Waals surface area contributed by atoms with Gasteiger partial charge in [-0.25, -0.2) is 9.97 Å². The van der Waals surface area contributed by atoms with E-state index in [1.807, 2.05) is 24.3 Å². The number of halogens is 1. The standard InChI is InChI=1S/C16H18ClN3/c1-2-14-13-7-8-18-10-15(13)20-16(19-14)9-11-3-5-12(17)6-4-11/h3-6,18H,2,7-10H2,1H3. The number of aryl methyl sites for hydroxylation is 1. The highest BCUT2D eigenvalue weighted by molar-refractivity contribution is 6.30. The van der Waals surface area contributed by atoms with Crippen molar-refractivity contribution < 1.29 is 0 Å². The molecule has 0 amide bonds. The van der Waals surface area contributed by atoms with Crippen molar-refractivity contribution in [3.63, 3.8) is 0 Å². The molecule has 0 spiro atoms. The summed E-state index contributed by atoms with van der Waals surface area (Å²) >= 11 is 5.92. The summed E-state index contributed by atoms with van der Waals surface area (Å²) < 4.78 is 0. The SMILES string of the molecule is CCc1nc(Cc2ccc(Cl)cc2)nc2c1CCNC2. The van der Waals surface area contributed by atoms with E-state index in [2.05, 4.69) is 12.2 Å². The van der Waals surface area contributed by atoms with Gasteiger partial charge in [-0.15, -0.1) is 0 Å². The van der Waals surface area contributed by atoms with Gasteiger partial charge in [0.15, 0.2) is 0 Å². The van der Waals surface area contributed by atoms with Crippen molar-refractivity contribution in [1.82, 2.24) is 15.3 Å². The Morgan fingerprint density at radius 2 is 2.00 bits per heavy atom. The number of nitrogens with one attached hydrogen (secondary N) is 1. The zero-order valence-electron chi connectivity index (χ0n) is 11.6. The molecule has 1 N–H and O–H groups in total. The molecule has 4 heteroatoms. The van der Waals surface area contributed by atoms with Gasteiger partial charge in [0.1, 0.15) is 5.82 Å². The van der Waals surface area contributed by atoms with E-state index in [-0.39, 0.29) is 0 Å². The highest BCUT2D eigenvalue weighted by atomic mass is 35.5. The minimum atomic E-state index is 0.761. The molecule has 1 aromatic heterocycles. The maximum absolute atomic E-state index is 5.92. The molecule has 0 saturated heterocycles. The first kappa shape index (κ1) is 13.5. The van der Waals surface area contributed by atoms with Gasteiger partial charge in [-0.05, 0) is 42.6 Å². The zero-order valence-corrected chi connectivity index (χ0v) is 12.4. The van der Waals surface area contributed by atoms with Crippen LogP contribution in [0, 0.1) is 0 Å². The Kier molecular flexibility index (Phi) is 3.99. The topological polar surface area (TPSA) is 37.8 Å². The Morgan fingerprint density at radius 3 is 2.75 bits per heavy atom. The van der Waals surface area contributed by atoms with Crippen molar-refractivity contribution in [2.24, 2.45) is 0 Å². The van der Waals surface area contributed by atoms with Crippen LogP contribution in [-0.4, -0.2) is 16.5 Å². The first-order valence-electron chi connectivity index (χ1n) is 7.09. The second-order valence-electron chi connectivity index (χ2n) is 5.10. The molecule has 0 unspecified atom stereocenters. The van der Waals surface area contributed by atoms with Gasteiger partial charge < -0.3 is 5.32 Å². The predicted octanol–water partition coefficient (Wildman–Crippen LogP) is 2.93. The molecule has 104 valence electrons. The van der Waals surface area contributed by atoms with E-state index in [4.69, 9.17) is 21.6 Å². The van der Waals surface area contributed by atoms with Crippen LogP contribution in [0.3, 0.4) is 0 Å². The monoisotopic (exact) mass is 287 g/mol. The molecule has 0 atom stereocenters. The van der Waals surface area contributed by atoms with Crippen molar-refractivity contribution in [2.75, 3.05) is 6.54 Å². The van der Waals surface area contributed by atoms with Gasteiger partial charge in [-0.2, -0.15) is 0 Å². The number of nitrogens with zero attached hydrogens (tertiary/aromatic N) is 2. The van der Waals surface area contributed by atoms with Gasteiger partial charge in [0.05, 0.1) is 5.69 Å². The molecule has 2 heterocycles. The van der Waals surface area contributed by atoms with Crippen LogP contribution in [0.4, 0.5) is 0 Å². The molecule has 20 heavy (non-hydrogen) atoms. The number of benzene rings is 1. The van der Waals surface area contributed by atoms with Crippen LogP contribution >= 0.6 is 11.6 Å². The summed E-state index contributed by atoms with van der Waals surface area (Å²) in [7, 11) is 0. The summed E-state index contributed by atoms with van der Waals surface area (Å²) in [5.41, 5.74) is 4.93. The fourth-order valence-corrected chi connectivity index (χ4v) is 2.78. The summed E-state index contributed by atoms with van der Waals surface area (Å²) in [6, 6.07) is 7.90. The predicted molar refractivity (Wildman–Crippen MR) is 81.1 cm³/mol. The summed E-state index contributed by atoms with van der Waals surface area (Å²) in [6.45, 7) is 4.05.